The molecule has 2 rings (SSSR count). The molecule has 1 aromatic carbocycles. The summed E-state index contributed by atoms with van der Waals surface area (Å²) >= 11 is 5.21. The summed E-state index contributed by atoms with van der Waals surface area (Å²) in [5.74, 6) is -0.147. The Labute approximate surface area is 139 Å². The van der Waals surface area contributed by atoms with Crippen molar-refractivity contribution in [3.05, 3.63) is 32.9 Å². The summed E-state index contributed by atoms with van der Waals surface area (Å²) in [5, 5.41) is 11.8. The molecule has 4 nitrogen and oxygen atoms in total. The second-order valence-corrected chi connectivity index (χ2v) is 8.44. The lowest BCUT2D eigenvalue weighted by Crippen LogP contribution is -2.13. The van der Waals surface area contributed by atoms with Gasteiger partial charge in [0.25, 0.3) is 5.91 Å². The number of anilines is 1. The lowest BCUT2D eigenvalue weighted by molar-refractivity contribution is 0.102. The topological polar surface area (TPSA) is 54.9 Å². The number of aryl methyl sites for hydroxylation is 1. The van der Waals surface area contributed by atoms with Crippen LogP contribution in [0.15, 0.2) is 22.5 Å². The molecule has 0 atom stereocenters. The van der Waals surface area contributed by atoms with Gasteiger partial charge in [-0.15, -0.1) is 10.2 Å². The van der Waals surface area contributed by atoms with Gasteiger partial charge in [-0.25, -0.2) is 0 Å². The summed E-state index contributed by atoms with van der Waals surface area (Å²) in [6.07, 6.45) is 0. The van der Waals surface area contributed by atoms with Crippen molar-refractivity contribution in [3.63, 3.8) is 0 Å². The van der Waals surface area contributed by atoms with Gasteiger partial charge in [-0.3, -0.25) is 10.1 Å². The predicted octanol–water partition coefficient (Wildman–Crippen LogP) is 4.20. The first kappa shape index (κ1) is 15.7. The molecular weight excluding hydrogens is 405 g/mol. The summed E-state index contributed by atoms with van der Waals surface area (Å²) in [5.41, 5.74) is 1.79. The Hall–Kier alpha value is -0.670. The van der Waals surface area contributed by atoms with Crippen LogP contribution in [-0.2, 0) is 0 Å². The number of rotatable bonds is 4. The highest BCUT2D eigenvalue weighted by atomic mass is 127. The zero-order valence-corrected chi connectivity index (χ0v) is 15.1. The van der Waals surface area contributed by atoms with Gasteiger partial charge in [-0.05, 0) is 41.6 Å². The van der Waals surface area contributed by atoms with E-state index in [0.717, 1.165) is 13.5 Å². The van der Waals surface area contributed by atoms with Gasteiger partial charge >= 0.3 is 0 Å². The van der Waals surface area contributed by atoms with Gasteiger partial charge in [0.1, 0.15) is 0 Å². The molecule has 0 saturated heterocycles. The number of nitrogens with one attached hydrogen (secondary N) is 1. The van der Waals surface area contributed by atoms with E-state index < -0.39 is 0 Å². The van der Waals surface area contributed by atoms with Crippen LogP contribution in [0.2, 0.25) is 0 Å². The molecule has 0 saturated carbocycles. The van der Waals surface area contributed by atoms with Crippen LogP contribution >= 0.6 is 45.7 Å². The summed E-state index contributed by atoms with van der Waals surface area (Å²) in [4.78, 5) is 12.2. The average molecular weight is 419 g/mol. The molecule has 2 aromatic rings. The minimum absolute atomic E-state index is 0.147. The van der Waals surface area contributed by atoms with Crippen LogP contribution in [-0.4, -0.2) is 21.4 Å². The molecule has 0 aliphatic rings. The SMILES string of the molecule is Cc1ccc(C(=O)Nc2nnc(SC(C)C)s2)c(I)c1. The van der Waals surface area contributed by atoms with Gasteiger partial charge in [0.15, 0.2) is 4.34 Å². The quantitative estimate of drug-likeness (QED) is 0.459. The fourth-order valence-corrected chi connectivity index (χ4v) is 4.36. The number of hydrogen-bond acceptors (Lipinski definition) is 5. The Bertz CT molecular complexity index is 628. The number of amides is 1. The Morgan fingerprint density at radius 2 is 2.15 bits per heavy atom. The third-order valence-corrected chi connectivity index (χ3v) is 5.15. The van der Waals surface area contributed by atoms with Crippen LogP contribution in [0.3, 0.4) is 0 Å². The molecule has 20 heavy (non-hydrogen) atoms. The fourth-order valence-electron chi connectivity index (χ4n) is 1.48. The van der Waals surface area contributed by atoms with Gasteiger partial charge in [-0.2, -0.15) is 0 Å². The van der Waals surface area contributed by atoms with E-state index in [1.165, 1.54) is 11.3 Å². The standard InChI is InChI=1S/C13H14IN3OS2/c1-7(2)19-13-17-16-12(20-13)15-11(18)9-5-4-8(3)6-10(9)14/h4-7H,1-3H3,(H,15,16,18). The Morgan fingerprint density at radius 1 is 1.40 bits per heavy atom. The van der Waals surface area contributed by atoms with E-state index in [9.17, 15) is 4.79 Å². The van der Waals surface area contributed by atoms with Gasteiger partial charge < -0.3 is 0 Å². The van der Waals surface area contributed by atoms with Crippen molar-refractivity contribution in [2.45, 2.75) is 30.4 Å². The predicted molar refractivity (Wildman–Crippen MR) is 92.8 cm³/mol. The second-order valence-electron chi connectivity index (χ2n) is 4.48. The molecule has 7 heteroatoms. The van der Waals surface area contributed by atoms with Gasteiger partial charge in [-0.1, -0.05) is 48.6 Å². The number of carbonyl (C=O) groups excluding carboxylic acids is 1. The number of nitrogens with zero attached hydrogens (tertiary/aromatic N) is 2. The highest BCUT2D eigenvalue weighted by Gasteiger charge is 2.13. The third-order valence-electron chi connectivity index (χ3n) is 2.33. The molecule has 1 aromatic heterocycles. The zero-order valence-electron chi connectivity index (χ0n) is 11.3. The smallest absolute Gasteiger partial charge is 0.258 e. The normalized spacial score (nSPS) is 10.8. The van der Waals surface area contributed by atoms with Gasteiger partial charge in [0, 0.05) is 8.82 Å². The van der Waals surface area contributed by atoms with Crippen molar-refractivity contribution in [2.75, 3.05) is 5.32 Å². The number of benzene rings is 1. The highest BCUT2D eigenvalue weighted by Crippen LogP contribution is 2.28. The summed E-state index contributed by atoms with van der Waals surface area (Å²) in [6.45, 7) is 6.20. The maximum atomic E-state index is 12.2. The Kier molecular flexibility index (Phi) is 5.39. The molecule has 0 bridgehead atoms. The molecule has 0 spiro atoms. The van der Waals surface area contributed by atoms with Crippen LogP contribution in [0.25, 0.3) is 0 Å². The van der Waals surface area contributed by atoms with Crippen molar-refractivity contribution in [1.82, 2.24) is 10.2 Å². The summed E-state index contributed by atoms with van der Waals surface area (Å²) in [6, 6.07) is 5.74. The zero-order chi connectivity index (χ0) is 14.7. The number of thioether (sulfide) groups is 1. The third kappa shape index (κ3) is 4.16. The van der Waals surface area contributed by atoms with Crippen LogP contribution in [0.4, 0.5) is 5.13 Å². The van der Waals surface area contributed by atoms with E-state index >= 15 is 0 Å². The Morgan fingerprint density at radius 3 is 2.80 bits per heavy atom. The van der Waals surface area contributed by atoms with Crippen molar-refractivity contribution >= 4 is 56.7 Å². The first-order valence-corrected chi connectivity index (χ1v) is 8.81. The van der Waals surface area contributed by atoms with Crippen molar-refractivity contribution < 1.29 is 4.79 Å². The molecule has 1 N–H and O–H groups in total. The van der Waals surface area contributed by atoms with Crippen molar-refractivity contribution in [1.29, 1.82) is 0 Å². The molecule has 0 aliphatic carbocycles. The molecule has 0 unspecified atom stereocenters. The van der Waals surface area contributed by atoms with Gasteiger partial charge in [0.2, 0.25) is 5.13 Å². The molecule has 0 fully saturated rings. The molecule has 1 amide bonds. The van der Waals surface area contributed by atoms with Crippen LogP contribution < -0.4 is 5.32 Å². The molecule has 106 valence electrons. The van der Waals surface area contributed by atoms with E-state index in [-0.39, 0.29) is 5.91 Å². The van der Waals surface area contributed by atoms with Crippen LogP contribution in [0, 0.1) is 10.5 Å². The number of aromatic nitrogens is 2. The molecule has 0 aliphatic heterocycles. The highest BCUT2D eigenvalue weighted by molar-refractivity contribution is 14.1. The molecule has 0 radical (unpaired) electrons. The monoisotopic (exact) mass is 419 g/mol. The maximum Gasteiger partial charge on any atom is 0.258 e. The lowest BCUT2D eigenvalue weighted by Gasteiger charge is -2.04. The van der Waals surface area contributed by atoms with Crippen molar-refractivity contribution in [2.24, 2.45) is 0 Å². The average Bonchev–Trinajstić information content (AvgIpc) is 2.75. The van der Waals surface area contributed by atoms with Crippen LogP contribution in [0.5, 0.6) is 0 Å². The molecule has 1 heterocycles. The van der Waals surface area contributed by atoms with E-state index in [4.69, 9.17) is 0 Å². The van der Waals surface area contributed by atoms with E-state index in [1.54, 1.807) is 11.8 Å². The summed E-state index contributed by atoms with van der Waals surface area (Å²) in [7, 11) is 0. The molecular formula is C13H14IN3OS2. The van der Waals surface area contributed by atoms with E-state index in [0.29, 0.717) is 15.9 Å². The Balaban J connectivity index is 2.09. The minimum atomic E-state index is -0.147. The van der Waals surface area contributed by atoms with Crippen LogP contribution in [0.1, 0.15) is 29.8 Å². The number of carbonyl (C=O) groups is 1. The largest absolute Gasteiger partial charge is 0.296 e. The van der Waals surface area contributed by atoms with Crippen molar-refractivity contribution in [3.8, 4) is 0 Å². The summed E-state index contributed by atoms with van der Waals surface area (Å²) < 4.78 is 1.80. The maximum absolute atomic E-state index is 12.2. The fraction of sp³-hybridized carbons (Fsp3) is 0.308. The number of hydrogen-bond donors (Lipinski definition) is 1. The number of halogens is 1. The van der Waals surface area contributed by atoms with Gasteiger partial charge in [0.05, 0.1) is 5.56 Å². The minimum Gasteiger partial charge on any atom is -0.296 e. The first-order chi connectivity index (χ1) is 9.45. The second kappa shape index (κ2) is 6.86. The van der Waals surface area contributed by atoms with E-state index in [1.807, 2.05) is 25.1 Å². The van der Waals surface area contributed by atoms with E-state index in [2.05, 4.69) is 52.0 Å². The first-order valence-electron chi connectivity index (χ1n) is 6.03. The lowest BCUT2D eigenvalue weighted by atomic mass is 10.1.